The van der Waals surface area contributed by atoms with E-state index in [1.807, 2.05) is 54.6 Å². The summed E-state index contributed by atoms with van der Waals surface area (Å²) in [6.45, 7) is 1.69. The number of hydrogen-bond acceptors (Lipinski definition) is 2. The van der Waals surface area contributed by atoms with Crippen molar-refractivity contribution in [3.8, 4) is 0 Å². The summed E-state index contributed by atoms with van der Waals surface area (Å²) in [5.74, 6) is 0.195. The van der Waals surface area contributed by atoms with Gasteiger partial charge in [0.05, 0.1) is 0 Å². The first-order valence-corrected chi connectivity index (χ1v) is 7.43. The van der Waals surface area contributed by atoms with Gasteiger partial charge in [-0.15, -0.1) is 0 Å². The molecule has 1 heterocycles. The van der Waals surface area contributed by atoms with E-state index in [2.05, 4.69) is 0 Å². The van der Waals surface area contributed by atoms with Gasteiger partial charge in [-0.05, 0) is 43.4 Å². The Morgan fingerprint density at radius 3 is 2.18 bits per heavy atom. The molecule has 1 saturated carbocycles. The molecule has 2 aromatic carbocycles. The molecule has 0 saturated heterocycles. The quantitative estimate of drug-likeness (QED) is 0.723. The number of aromatic carboxylic acids is 1. The molecule has 1 aromatic heterocycles. The lowest BCUT2D eigenvalue weighted by Gasteiger charge is -1.97. The number of hydrogen-bond donors (Lipinski definition) is 1. The van der Waals surface area contributed by atoms with Crippen molar-refractivity contribution < 1.29 is 14.3 Å². The number of aryl methyl sites for hydroxylation is 1. The van der Waals surface area contributed by atoms with Crippen LogP contribution in [0.5, 0.6) is 0 Å². The second kappa shape index (κ2) is 6.06. The van der Waals surface area contributed by atoms with Gasteiger partial charge in [0.1, 0.15) is 16.9 Å². The molecule has 0 amide bonds. The van der Waals surface area contributed by atoms with Crippen LogP contribution >= 0.6 is 0 Å². The molecule has 3 aromatic rings. The average Bonchev–Trinajstić information content (AvgIpc) is 3.31. The van der Waals surface area contributed by atoms with Crippen molar-refractivity contribution >= 4 is 16.9 Å². The predicted octanol–water partition coefficient (Wildman–Crippen LogP) is 5.00. The summed E-state index contributed by atoms with van der Waals surface area (Å²) in [5, 5.41) is 9.87. The highest BCUT2D eigenvalue weighted by Gasteiger charge is 2.25. The van der Waals surface area contributed by atoms with Gasteiger partial charge in [0.2, 0.25) is 0 Å². The first kappa shape index (κ1) is 14.4. The fourth-order valence-electron chi connectivity index (χ4n) is 2.56. The van der Waals surface area contributed by atoms with E-state index >= 15 is 0 Å². The molecule has 0 spiro atoms. The Hall–Kier alpha value is -2.55. The van der Waals surface area contributed by atoms with Crippen LogP contribution in [-0.4, -0.2) is 11.1 Å². The van der Waals surface area contributed by atoms with E-state index < -0.39 is 5.97 Å². The van der Waals surface area contributed by atoms with E-state index in [-0.39, 0.29) is 0 Å². The lowest BCUT2D eigenvalue weighted by atomic mass is 10.1. The molecule has 112 valence electrons. The maximum absolute atomic E-state index is 11.1. The van der Waals surface area contributed by atoms with Crippen LogP contribution in [0, 0.1) is 6.92 Å². The van der Waals surface area contributed by atoms with Crippen molar-refractivity contribution in [1.29, 1.82) is 0 Å². The number of carboxylic acids is 1. The zero-order valence-electron chi connectivity index (χ0n) is 12.5. The van der Waals surface area contributed by atoms with Crippen LogP contribution in [0.3, 0.4) is 0 Å². The molecule has 0 atom stereocenters. The van der Waals surface area contributed by atoms with Gasteiger partial charge >= 0.3 is 5.97 Å². The summed E-state index contributed by atoms with van der Waals surface area (Å²) in [7, 11) is 0. The van der Waals surface area contributed by atoms with Crippen LogP contribution in [0.2, 0.25) is 0 Å². The molecule has 3 nitrogen and oxygen atoms in total. The average molecular weight is 294 g/mol. The van der Waals surface area contributed by atoms with E-state index in [9.17, 15) is 4.79 Å². The zero-order chi connectivity index (χ0) is 15.5. The second-order valence-electron chi connectivity index (χ2n) is 5.52. The van der Waals surface area contributed by atoms with Crippen molar-refractivity contribution in [1.82, 2.24) is 0 Å². The predicted molar refractivity (Wildman–Crippen MR) is 86.3 cm³/mol. The molecule has 4 rings (SSSR count). The molecule has 0 bridgehead atoms. The van der Waals surface area contributed by atoms with E-state index in [0.29, 0.717) is 22.8 Å². The van der Waals surface area contributed by atoms with Crippen molar-refractivity contribution in [2.75, 3.05) is 0 Å². The van der Waals surface area contributed by atoms with Crippen molar-refractivity contribution in [3.63, 3.8) is 0 Å². The minimum Gasteiger partial charge on any atom is -0.478 e. The Morgan fingerprint density at radius 1 is 1.09 bits per heavy atom. The third-order valence-electron chi connectivity index (χ3n) is 3.82. The van der Waals surface area contributed by atoms with Crippen LogP contribution < -0.4 is 0 Å². The normalized spacial score (nSPS) is 13.5. The van der Waals surface area contributed by atoms with Crippen molar-refractivity contribution in [2.45, 2.75) is 25.7 Å². The maximum Gasteiger partial charge on any atom is 0.339 e. The third kappa shape index (κ3) is 3.03. The summed E-state index contributed by atoms with van der Waals surface area (Å²) in [4.78, 5) is 11.1. The van der Waals surface area contributed by atoms with Gasteiger partial charge in [0.25, 0.3) is 0 Å². The van der Waals surface area contributed by atoms with Gasteiger partial charge in [0.15, 0.2) is 0 Å². The molecular formula is C19H18O3. The van der Waals surface area contributed by atoms with E-state index in [1.165, 1.54) is 18.4 Å². The summed E-state index contributed by atoms with van der Waals surface area (Å²) < 4.78 is 5.43. The molecular weight excluding hydrogens is 276 g/mol. The minimum absolute atomic E-state index is 0.303. The monoisotopic (exact) mass is 294 g/mol. The van der Waals surface area contributed by atoms with Gasteiger partial charge in [-0.3, -0.25) is 0 Å². The highest BCUT2D eigenvalue weighted by atomic mass is 16.4. The molecule has 3 heteroatoms. The highest BCUT2D eigenvalue weighted by Crippen LogP contribution is 2.41. The Kier molecular flexibility index (Phi) is 3.96. The van der Waals surface area contributed by atoms with E-state index in [1.54, 1.807) is 6.92 Å². The summed E-state index contributed by atoms with van der Waals surface area (Å²) in [5.41, 5.74) is 2.20. The maximum atomic E-state index is 11.1. The summed E-state index contributed by atoms with van der Waals surface area (Å²) in [6, 6.07) is 17.9. The smallest absolute Gasteiger partial charge is 0.339 e. The first-order valence-electron chi connectivity index (χ1n) is 7.43. The summed E-state index contributed by atoms with van der Waals surface area (Å²) in [6.07, 6.45) is 2.43. The molecule has 0 aliphatic heterocycles. The molecule has 22 heavy (non-hydrogen) atoms. The fraction of sp³-hybridized carbons (Fsp3) is 0.211. The summed E-state index contributed by atoms with van der Waals surface area (Å²) >= 11 is 0. The van der Waals surface area contributed by atoms with Crippen molar-refractivity contribution in [3.05, 3.63) is 71.5 Å². The van der Waals surface area contributed by atoms with Gasteiger partial charge in [-0.25, -0.2) is 4.79 Å². The number of benzene rings is 2. The molecule has 1 fully saturated rings. The Labute approximate surface area is 129 Å². The van der Waals surface area contributed by atoms with Crippen LogP contribution in [0.4, 0.5) is 0 Å². The topological polar surface area (TPSA) is 50.4 Å². The van der Waals surface area contributed by atoms with Gasteiger partial charge < -0.3 is 9.52 Å². The number of furan rings is 1. The molecule has 1 N–H and O–H groups in total. The van der Waals surface area contributed by atoms with Crippen LogP contribution in [0.1, 0.15) is 40.4 Å². The molecule has 1 aliphatic rings. The lowest BCUT2D eigenvalue weighted by molar-refractivity contribution is 0.0697. The molecule has 0 unspecified atom stereocenters. The number of fused-ring (bicyclic) bond motifs is 1. The largest absolute Gasteiger partial charge is 0.478 e. The van der Waals surface area contributed by atoms with E-state index in [0.717, 1.165) is 5.39 Å². The van der Waals surface area contributed by atoms with Crippen molar-refractivity contribution in [2.24, 2.45) is 0 Å². The minimum atomic E-state index is -0.913. The number of rotatable bonds is 2. The SMILES string of the molecule is Cc1oc2ccc(C3CC3)cc2c1C(=O)O.c1ccccc1. The number of carbonyl (C=O) groups is 1. The lowest BCUT2D eigenvalue weighted by Crippen LogP contribution is -1.96. The Bertz CT molecular complexity index is 756. The van der Waals surface area contributed by atoms with Crippen LogP contribution in [-0.2, 0) is 0 Å². The second-order valence-corrected chi connectivity index (χ2v) is 5.52. The van der Waals surface area contributed by atoms with E-state index in [4.69, 9.17) is 9.52 Å². The number of carboxylic acid groups (broad SMARTS) is 1. The first-order chi connectivity index (χ1) is 10.7. The Balaban J connectivity index is 0.000000202. The standard InChI is InChI=1S/C13H12O3.C6H6/c1-7-12(13(14)15)10-6-9(8-2-3-8)4-5-11(10)16-7;1-2-4-6-5-3-1/h4-6,8H,2-3H2,1H3,(H,14,15);1-6H. The molecule has 0 radical (unpaired) electrons. The zero-order valence-corrected chi connectivity index (χ0v) is 12.5. The van der Waals surface area contributed by atoms with Crippen LogP contribution in [0.15, 0.2) is 59.0 Å². The van der Waals surface area contributed by atoms with Crippen LogP contribution in [0.25, 0.3) is 11.0 Å². The van der Waals surface area contributed by atoms with Gasteiger partial charge in [-0.1, -0.05) is 42.5 Å². The third-order valence-corrected chi connectivity index (χ3v) is 3.82. The molecule has 1 aliphatic carbocycles. The fourth-order valence-corrected chi connectivity index (χ4v) is 2.56. The van der Waals surface area contributed by atoms with Gasteiger partial charge in [0, 0.05) is 5.39 Å². The van der Waals surface area contributed by atoms with Gasteiger partial charge in [-0.2, -0.15) is 0 Å². The highest BCUT2D eigenvalue weighted by molar-refractivity contribution is 6.03. The Morgan fingerprint density at radius 2 is 1.68 bits per heavy atom.